The van der Waals surface area contributed by atoms with Crippen molar-refractivity contribution in [2.24, 2.45) is 0 Å². The molecular weight excluding hydrogens is 253 g/mol. The third-order valence-electron chi connectivity index (χ3n) is 2.25. The summed E-state index contributed by atoms with van der Waals surface area (Å²) in [6.45, 7) is 0. The van der Waals surface area contributed by atoms with Gasteiger partial charge in [-0.05, 0) is 29.6 Å². The Balaban J connectivity index is 2.25. The van der Waals surface area contributed by atoms with Crippen LogP contribution in [0.25, 0.3) is 0 Å². The minimum atomic E-state index is -0.692. The first-order valence-corrected chi connectivity index (χ1v) is 5.83. The van der Waals surface area contributed by atoms with Crippen LogP contribution < -0.4 is 11.1 Å². The third kappa shape index (κ3) is 2.31. The molecule has 1 heterocycles. The normalized spacial score (nSPS) is 9.78. The fourth-order valence-electron chi connectivity index (χ4n) is 1.38. The number of rotatable bonds is 2. The van der Waals surface area contributed by atoms with Gasteiger partial charge in [0.25, 0.3) is 5.91 Å². The van der Waals surface area contributed by atoms with Gasteiger partial charge in [0.05, 0.1) is 11.1 Å². The number of thiophene rings is 1. The van der Waals surface area contributed by atoms with Crippen LogP contribution >= 0.6 is 11.3 Å². The Labute approximate surface area is 106 Å². The van der Waals surface area contributed by atoms with Crippen LogP contribution in [-0.4, -0.2) is 5.91 Å². The number of nitriles is 1. The number of halogens is 1. The van der Waals surface area contributed by atoms with E-state index in [9.17, 15) is 9.18 Å². The summed E-state index contributed by atoms with van der Waals surface area (Å²) in [4.78, 5) is 11.8. The van der Waals surface area contributed by atoms with Gasteiger partial charge >= 0.3 is 0 Å². The van der Waals surface area contributed by atoms with E-state index in [0.717, 1.165) is 6.07 Å². The number of nitrogens with two attached hydrogens (primary N) is 1. The van der Waals surface area contributed by atoms with Gasteiger partial charge in [-0.25, -0.2) is 4.39 Å². The molecule has 4 nitrogen and oxygen atoms in total. The second kappa shape index (κ2) is 4.85. The molecule has 2 rings (SSSR count). The Hall–Kier alpha value is -2.39. The minimum Gasteiger partial charge on any atom is -0.399 e. The molecule has 0 atom stereocenters. The molecule has 6 heteroatoms. The van der Waals surface area contributed by atoms with Crippen molar-refractivity contribution in [2.45, 2.75) is 0 Å². The lowest BCUT2D eigenvalue weighted by Crippen LogP contribution is -2.13. The predicted octanol–water partition coefficient (Wildman–Crippen LogP) is 2.59. The summed E-state index contributed by atoms with van der Waals surface area (Å²) >= 11 is 1.20. The Morgan fingerprint density at radius 3 is 2.89 bits per heavy atom. The van der Waals surface area contributed by atoms with Crippen LogP contribution in [-0.2, 0) is 0 Å². The van der Waals surface area contributed by atoms with Gasteiger partial charge in [-0.1, -0.05) is 0 Å². The molecular formula is C12H8FN3OS. The van der Waals surface area contributed by atoms with E-state index in [4.69, 9.17) is 11.0 Å². The van der Waals surface area contributed by atoms with Crippen molar-refractivity contribution in [1.29, 1.82) is 5.26 Å². The summed E-state index contributed by atoms with van der Waals surface area (Å²) in [5, 5.41) is 13.4. The highest BCUT2D eigenvalue weighted by Gasteiger charge is 2.14. The number of anilines is 2. The Bertz CT molecular complexity index is 645. The molecule has 0 aliphatic heterocycles. The van der Waals surface area contributed by atoms with Crippen molar-refractivity contribution in [3.05, 3.63) is 46.6 Å². The average molecular weight is 261 g/mol. The molecule has 90 valence electrons. The van der Waals surface area contributed by atoms with Gasteiger partial charge in [-0.3, -0.25) is 4.79 Å². The van der Waals surface area contributed by atoms with Crippen LogP contribution in [0.4, 0.5) is 15.1 Å². The molecule has 0 saturated carbocycles. The van der Waals surface area contributed by atoms with E-state index in [1.165, 1.54) is 23.5 Å². The predicted molar refractivity (Wildman–Crippen MR) is 67.8 cm³/mol. The quantitative estimate of drug-likeness (QED) is 0.815. The van der Waals surface area contributed by atoms with E-state index in [1.54, 1.807) is 11.4 Å². The first-order chi connectivity index (χ1) is 8.61. The van der Waals surface area contributed by atoms with Gasteiger partial charge in [0.2, 0.25) is 0 Å². The molecule has 1 aromatic heterocycles. The molecule has 0 aliphatic carbocycles. The van der Waals surface area contributed by atoms with Crippen molar-refractivity contribution in [1.82, 2.24) is 0 Å². The smallest absolute Gasteiger partial charge is 0.259 e. The van der Waals surface area contributed by atoms with Crippen molar-refractivity contribution in [3.63, 3.8) is 0 Å². The summed E-state index contributed by atoms with van der Waals surface area (Å²) < 4.78 is 13.5. The Morgan fingerprint density at radius 2 is 2.22 bits per heavy atom. The number of benzene rings is 1. The molecule has 0 unspecified atom stereocenters. The van der Waals surface area contributed by atoms with Crippen molar-refractivity contribution >= 4 is 27.9 Å². The topological polar surface area (TPSA) is 78.9 Å². The monoisotopic (exact) mass is 261 g/mol. The number of amides is 1. The molecule has 1 aromatic carbocycles. The van der Waals surface area contributed by atoms with Gasteiger partial charge in [0.1, 0.15) is 16.9 Å². The zero-order valence-electron chi connectivity index (χ0n) is 9.11. The molecule has 3 N–H and O–H groups in total. The number of nitrogen functional groups attached to an aromatic ring is 1. The van der Waals surface area contributed by atoms with Crippen molar-refractivity contribution in [3.8, 4) is 6.07 Å². The molecule has 0 bridgehead atoms. The lowest BCUT2D eigenvalue weighted by atomic mass is 10.2. The highest BCUT2D eigenvalue weighted by atomic mass is 32.1. The standard InChI is InChI=1S/C12H8FN3OS/c13-10-5-8(15)1-2-9(10)11(17)16-12-7(6-14)3-4-18-12/h1-5H,15H2,(H,16,17). The van der Waals surface area contributed by atoms with Gasteiger partial charge in [-0.15, -0.1) is 11.3 Å². The summed E-state index contributed by atoms with van der Waals surface area (Å²) in [5.74, 6) is -1.30. The van der Waals surface area contributed by atoms with Gasteiger partial charge in [0, 0.05) is 5.69 Å². The number of nitrogens with one attached hydrogen (secondary N) is 1. The number of carbonyl (C=O) groups excluding carboxylic acids is 1. The lowest BCUT2D eigenvalue weighted by Gasteiger charge is -2.05. The maximum Gasteiger partial charge on any atom is 0.259 e. The highest BCUT2D eigenvalue weighted by molar-refractivity contribution is 7.14. The van der Waals surface area contributed by atoms with Crippen LogP contribution in [0.15, 0.2) is 29.6 Å². The number of nitrogens with zero attached hydrogens (tertiary/aromatic N) is 1. The zero-order valence-corrected chi connectivity index (χ0v) is 9.92. The van der Waals surface area contributed by atoms with Crippen LogP contribution in [0.3, 0.4) is 0 Å². The van der Waals surface area contributed by atoms with Crippen LogP contribution in [0.2, 0.25) is 0 Å². The first-order valence-electron chi connectivity index (χ1n) is 4.96. The van der Waals surface area contributed by atoms with E-state index in [2.05, 4.69) is 5.32 Å². The summed E-state index contributed by atoms with van der Waals surface area (Å²) in [6.07, 6.45) is 0. The molecule has 0 spiro atoms. The van der Waals surface area contributed by atoms with E-state index < -0.39 is 11.7 Å². The fraction of sp³-hybridized carbons (Fsp3) is 0. The molecule has 0 fully saturated rings. The minimum absolute atomic E-state index is 0.110. The lowest BCUT2D eigenvalue weighted by molar-refractivity contribution is 0.102. The van der Waals surface area contributed by atoms with Crippen molar-refractivity contribution in [2.75, 3.05) is 11.1 Å². The zero-order chi connectivity index (χ0) is 13.1. The molecule has 2 aromatic rings. The molecule has 1 amide bonds. The van der Waals surface area contributed by atoms with E-state index >= 15 is 0 Å². The Kier molecular flexibility index (Phi) is 3.26. The van der Waals surface area contributed by atoms with E-state index in [1.807, 2.05) is 6.07 Å². The van der Waals surface area contributed by atoms with E-state index in [-0.39, 0.29) is 11.3 Å². The highest BCUT2D eigenvalue weighted by Crippen LogP contribution is 2.23. The van der Waals surface area contributed by atoms with Crippen LogP contribution in [0.1, 0.15) is 15.9 Å². The third-order valence-corrected chi connectivity index (χ3v) is 3.08. The van der Waals surface area contributed by atoms with Crippen LogP contribution in [0.5, 0.6) is 0 Å². The first kappa shape index (κ1) is 12.1. The fourth-order valence-corrected chi connectivity index (χ4v) is 2.11. The SMILES string of the molecule is N#Cc1ccsc1NC(=O)c1ccc(N)cc1F. The van der Waals surface area contributed by atoms with Gasteiger partial charge < -0.3 is 11.1 Å². The summed E-state index contributed by atoms with van der Waals surface area (Å²) in [7, 11) is 0. The van der Waals surface area contributed by atoms with E-state index in [0.29, 0.717) is 10.6 Å². The Morgan fingerprint density at radius 1 is 1.44 bits per heavy atom. The van der Waals surface area contributed by atoms with Crippen molar-refractivity contribution < 1.29 is 9.18 Å². The molecule has 18 heavy (non-hydrogen) atoms. The molecule has 0 aliphatic rings. The summed E-state index contributed by atoms with van der Waals surface area (Å²) in [6, 6.07) is 7.35. The van der Waals surface area contributed by atoms with Gasteiger partial charge in [-0.2, -0.15) is 5.26 Å². The second-order valence-electron chi connectivity index (χ2n) is 3.47. The number of hydrogen-bond acceptors (Lipinski definition) is 4. The largest absolute Gasteiger partial charge is 0.399 e. The number of hydrogen-bond donors (Lipinski definition) is 2. The maximum atomic E-state index is 13.5. The molecule has 0 radical (unpaired) electrons. The maximum absolute atomic E-state index is 13.5. The molecule has 0 saturated heterocycles. The average Bonchev–Trinajstić information content (AvgIpc) is 2.76. The second-order valence-corrected chi connectivity index (χ2v) is 4.38. The van der Waals surface area contributed by atoms with Crippen LogP contribution in [0, 0.1) is 17.1 Å². The number of carbonyl (C=O) groups is 1. The van der Waals surface area contributed by atoms with Gasteiger partial charge in [0.15, 0.2) is 0 Å². The summed E-state index contributed by atoms with van der Waals surface area (Å²) in [5.41, 5.74) is 5.89.